The highest BCUT2D eigenvalue weighted by molar-refractivity contribution is 9.10. The molecular weight excluding hydrogens is 352 g/mol. The van der Waals surface area contributed by atoms with Crippen LogP contribution >= 0.6 is 38.9 Å². The van der Waals surface area contributed by atoms with Gasteiger partial charge in [0.25, 0.3) is 0 Å². The van der Waals surface area contributed by atoms with E-state index in [1.165, 1.54) is 18.4 Å². The minimum atomic E-state index is -0.401. The molecule has 0 unspecified atom stereocenters. The van der Waals surface area contributed by atoms with Crippen molar-refractivity contribution in [2.45, 2.75) is 6.61 Å². The Kier molecular flexibility index (Phi) is 4.85. The van der Waals surface area contributed by atoms with Gasteiger partial charge in [0.05, 0.1) is 11.6 Å². The molecule has 0 aliphatic heterocycles. The lowest BCUT2D eigenvalue weighted by Gasteiger charge is -2.07. The number of esters is 1. The molecule has 19 heavy (non-hydrogen) atoms. The van der Waals surface area contributed by atoms with E-state index in [2.05, 4.69) is 15.9 Å². The maximum absolute atomic E-state index is 11.6. The van der Waals surface area contributed by atoms with Crippen LogP contribution in [0.15, 0.2) is 34.1 Å². The van der Waals surface area contributed by atoms with Crippen molar-refractivity contribution in [2.24, 2.45) is 0 Å². The van der Waals surface area contributed by atoms with Crippen molar-refractivity contribution >= 4 is 44.8 Å². The fraction of sp³-hybridized carbons (Fsp3) is 0.154. The topological polar surface area (TPSA) is 35.5 Å². The molecule has 0 amide bonds. The van der Waals surface area contributed by atoms with Gasteiger partial charge in [0.2, 0.25) is 0 Å². The standard InChI is InChI=1S/C13H10BrClO3S/c1-17-13(16)12-11(10(14)7-19-12)18-6-8-2-4-9(15)5-3-8/h2-5,7H,6H2,1H3. The van der Waals surface area contributed by atoms with Gasteiger partial charge in [-0.3, -0.25) is 0 Å². The van der Waals surface area contributed by atoms with E-state index in [4.69, 9.17) is 21.1 Å². The van der Waals surface area contributed by atoms with Gasteiger partial charge in [0, 0.05) is 10.4 Å². The predicted molar refractivity (Wildman–Crippen MR) is 79.1 cm³/mol. The summed E-state index contributed by atoms with van der Waals surface area (Å²) in [6, 6.07) is 7.34. The highest BCUT2D eigenvalue weighted by Crippen LogP contribution is 2.36. The van der Waals surface area contributed by atoms with Crippen LogP contribution in [0.5, 0.6) is 5.75 Å². The second-order valence-electron chi connectivity index (χ2n) is 3.65. The summed E-state index contributed by atoms with van der Waals surface area (Å²) in [4.78, 5) is 12.0. The number of methoxy groups -OCH3 is 1. The van der Waals surface area contributed by atoms with Crippen molar-refractivity contribution in [3.8, 4) is 5.75 Å². The van der Waals surface area contributed by atoms with E-state index < -0.39 is 5.97 Å². The molecule has 1 aromatic carbocycles. The summed E-state index contributed by atoms with van der Waals surface area (Å²) in [5.74, 6) is 0.105. The van der Waals surface area contributed by atoms with E-state index in [0.29, 0.717) is 22.3 Å². The van der Waals surface area contributed by atoms with E-state index in [0.717, 1.165) is 10.0 Å². The van der Waals surface area contributed by atoms with E-state index in [1.54, 1.807) is 17.5 Å². The molecule has 0 aliphatic rings. The summed E-state index contributed by atoms with van der Waals surface area (Å²) < 4.78 is 11.1. The second-order valence-corrected chi connectivity index (χ2v) is 5.82. The van der Waals surface area contributed by atoms with Crippen LogP contribution in [0.1, 0.15) is 15.2 Å². The number of thiophene rings is 1. The van der Waals surface area contributed by atoms with Crippen LogP contribution in [0.4, 0.5) is 0 Å². The van der Waals surface area contributed by atoms with E-state index in [1.807, 2.05) is 12.1 Å². The maximum atomic E-state index is 11.6. The van der Waals surface area contributed by atoms with E-state index in [9.17, 15) is 4.79 Å². The largest absolute Gasteiger partial charge is 0.486 e. The van der Waals surface area contributed by atoms with Gasteiger partial charge in [-0.2, -0.15) is 0 Å². The first kappa shape index (κ1) is 14.4. The molecule has 0 radical (unpaired) electrons. The first-order valence-electron chi connectivity index (χ1n) is 5.34. The number of ether oxygens (including phenoxy) is 2. The Bertz CT molecular complexity index is 580. The minimum absolute atomic E-state index is 0.358. The molecule has 1 aromatic heterocycles. The molecule has 0 saturated carbocycles. The van der Waals surface area contributed by atoms with Crippen LogP contribution in [0.25, 0.3) is 0 Å². The van der Waals surface area contributed by atoms with Gasteiger partial charge in [-0.25, -0.2) is 4.79 Å². The molecule has 0 bridgehead atoms. The molecule has 2 aromatic rings. The van der Waals surface area contributed by atoms with Crippen LogP contribution < -0.4 is 4.74 Å². The monoisotopic (exact) mass is 360 g/mol. The first-order valence-corrected chi connectivity index (χ1v) is 7.39. The quantitative estimate of drug-likeness (QED) is 0.751. The number of benzene rings is 1. The van der Waals surface area contributed by atoms with Gasteiger partial charge in [-0.15, -0.1) is 11.3 Å². The summed E-state index contributed by atoms with van der Waals surface area (Å²) >= 11 is 10.4. The van der Waals surface area contributed by atoms with Crippen molar-refractivity contribution in [1.29, 1.82) is 0 Å². The highest BCUT2D eigenvalue weighted by Gasteiger charge is 2.19. The zero-order valence-electron chi connectivity index (χ0n) is 9.98. The van der Waals surface area contributed by atoms with Crippen molar-refractivity contribution < 1.29 is 14.3 Å². The molecule has 2 rings (SSSR count). The highest BCUT2D eigenvalue weighted by atomic mass is 79.9. The van der Waals surface area contributed by atoms with Crippen LogP contribution in [0.2, 0.25) is 5.02 Å². The summed E-state index contributed by atoms with van der Waals surface area (Å²) in [7, 11) is 1.35. The number of hydrogen-bond donors (Lipinski definition) is 0. The third-order valence-corrected chi connectivity index (χ3v) is 4.46. The van der Waals surface area contributed by atoms with Gasteiger partial charge in [0.1, 0.15) is 6.61 Å². The van der Waals surface area contributed by atoms with Gasteiger partial charge < -0.3 is 9.47 Å². The third kappa shape index (κ3) is 3.49. The Morgan fingerprint density at radius 3 is 2.68 bits per heavy atom. The smallest absolute Gasteiger partial charge is 0.351 e. The number of hydrogen-bond acceptors (Lipinski definition) is 4. The van der Waals surface area contributed by atoms with E-state index in [-0.39, 0.29) is 0 Å². The number of carbonyl (C=O) groups excluding carboxylic acids is 1. The molecule has 0 aliphatic carbocycles. The van der Waals surface area contributed by atoms with Gasteiger partial charge >= 0.3 is 5.97 Å². The molecule has 100 valence electrons. The van der Waals surface area contributed by atoms with Crippen molar-refractivity contribution in [3.05, 3.63) is 49.6 Å². The average Bonchev–Trinajstić information content (AvgIpc) is 2.78. The zero-order chi connectivity index (χ0) is 13.8. The Morgan fingerprint density at radius 2 is 2.05 bits per heavy atom. The molecule has 0 atom stereocenters. The Labute approximate surface area is 128 Å². The molecule has 0 spiro atoms. The Balaban J connectivity index is 2.13. The molecule has 1 heterocycles. The Morgan fingerprint density at radius 1 is 1.37 bits per heavy atom. The number of halogens is 2. The molecule has 6 heteroatoms. The van der Waals surface area contributed by atoms with Gasteiger partial charge in [0.15, 0.2) is 10.6 Å². The van der Waals surface area contributed by atoms with Crippen LogP contribution in [-0.4, -0.2) is 13.1 Å². The molecular formula is C13H10BrClO3S. The molecule has 3 nitrogen and oxygen atoms in total. The maximum Gasteiger partial charge on any atom is 0.351 e. The number of carbonyl (C=O) groups is 1. The summed E-state index contributed by atoms with van der Waals surface area (Å²) in [5.41, 5.74) is 0.971. The minimum Gasteiger partial charge on any atom is -0.486 e. The number of rotatable bonds is 4. The van der Waals surface area contributed by atoms with Crippen LogP contribution in [-0.2, 0) is 11.3 Å². The van der Waals surface area contributed by atoms with Crippen molar-refractivity contribution in [1.82, 2.24) is 0 Å². The lowest BCUT2D eigenvalue weighted by Crippen LogP contribution is -2.03. The van der Waals surface area contributed by atoms with Crippen molar-refractivity contribution in [2.75, 3.05) is 7.11 Å². The first-order chi connectivity index (χ1) is 9.11. The SMILES string of the molecule is COC(=O)c1scc(Br)c1OCc1ccc(Cl)cc1. The summed E-state index contributed by atoms with van der Waals surface area (Å²) in [5, 5.41) is 2.47. The third-order valence-electron chi connectivity index (χ3n) is 2.37. The van der Waals surface area contributed by atoms with Crippen molar-refractivity contribution in [3.63, 3.8) is 0 Å². The molecule has 0 saturated heterocycles. The zero-order valence-corrected chi connectivity index (χ0v) is 13.1. The Hall–Kier alpha value is -1.04. The lowest BCUT2D eigenvalue weighted by atomic mass is 10.2. The predicted octanol–water partition coefficient (Wildman–Crippen LogP) is 4.53. The second kappa shape index (κ2) is 6.41. The fourth-order valence-corrected chi connectivity index (χ4v) is 3.06. The average molecular weight is 362 g/mol. The van der Waals surface area contributed by atoms with Crippen LogP contribution in [0.3, 0.4) is 0 Å². The fourth-order valence-electron chi connectivity index (χ4n) is 1.43. The summed E-state index contributed by atoms with van der Waals surface area (Å²) in [6.07, 6.45) is 0. The van der Waals surface area contributed by atoms with Gasteiger partial charge in [-0.1, -0.05) is 23.7 Å². The lowest BCUT2D eigenvalue weighted by molar-refractivity contribution is 0.0601. The normalized spacial score (nSPS) is 10.3. The molecule has 0 fully saturated rings. The van der Waals surface area contributed by atoms with Crippen LogP contribution in [0, 0.1) is 0 Å². The molecule has 0 N–H and O–H groups in total. The summed E-state index contributed by atoms with van der Waals surface area (Å²) in [6.45, 7) is 0.358. The van der Waals surface area contributed by atoms with Gasteiger partial charge in [-0.05, 0) is 33.6 Å². The van der Waals surface area contributed by atoms with E-state index >= 15 is 0 Å².